The maximum absolute atomic E-state index is 3.75. The van der Waals surface area contributed by atoms with Gasteiger partial charge in [0.2, 0.25) is 0 Å². The minimum atomic E-state index is 0.779. The summed E-state index contributed by atoms with van der Waals surface area (Å²) in [4.78, 5) is 2.92. The van der Waals surface area contributed by atoms with Crippen LogP contribution in [0.2, 0.25) is 0 Å². The van der Waals surface area contributed by atoms with Crippen LogP contribution in [0.25, 0.3) is 0 Å². The van der Waals surface area contributed by atoms with E-state index >= 15 is 0 Å². The van der Waals surface area contributed by atoms with Gasteiger partial charge in [0.25, 0.3) is 0 Å². The summed E-state index contributed by atoms with van der Waals surface area (Å²) in [7, 11) is 0. The van der Waals surface area contributed by atoms with Crippen molar-refractivity contribution < 1.29 is 0 Å². The fourth-order valence-corrected chi connectivity index (χ4v) is 4.44. The Bertz CT molecular complexity index is 281. The van der Waals surface area contributed by atoms with Crippen molar-refractivity contribution in [1.82, 2.24) is 10.2 Å². The molecule has 0 aromatic heterocycles. The standard InChI is InChI=1S/C17H32N2/c1-13-6-9-17(14(2)11-13)19(16-7-8-16)12-15-5-3-4-10-18-15/h13-18H,3-12H2,1-2H3. The number of nitrogens with zero attached hydrogens (tertiary/aromatic N) is 1. The maximum Gasteiger partial charge on any atom is 0.0195 e. The van der Waals surface area contributed by atoms with E-state index < -0.39 is 0 Å². The molecule has 3 aliphatic rings. The second-order valence-electron chi connectivity index (χ2n) is 7.54. The average Bonchev–Trinajstić information content (AvgIpc) is 3.22. The van der Waals surface area contributed by atoms with Crippen molar-refractivity contribution in [2.75, 3.05) is 13.1 Å². The number of piperidine rings is 1. The molecule has 4 unspecified atom stereocenters. The summed E-state index contributed by atoms with van der Waals surface area (Å²) < 4.78 is 0. The van der Waals surface area contributed by atoms with Crippen molar-refractivity contribution in [3.8, 4) is 0 Å². The van der Waals surface area contributed by atoms with Crippen molar-refractivity contribution in [3.63, 3.8) is 0 Å². The van der Waals surface area contributed by atoms with E-state index in [1.165, 1.54) is 64.5 Å². The van der Waals surface area contributed by atoms with Crippen LogP contribution in [-0.4, -0.2) is 36.1 Å². The second-order valence-corrected chi connectivity index (χ2v) is 7.54. The van der Waals surface area contributed by atoms with Crippen LogP contribution in [0.4, 0.5) is 0 Å². The van der Waals surface area contributed by atoms with Crippen LogP contribution in [0.15, 0.2) is 0 Å². The molecule has 1 saturated heterocycles. The normalized spacial score (nSPS) is 40.6. The Morgan fingerprint density at radius 3 is 2.47 bits per heavy atom. The van der Waals surface area contributed by atoms with Gasteiger partial charge in [0.15, 0.2) is 0 Å². The third-order valence-electron chi connectivity index (χ3n) is 5.67. The Labute approximate surface area is 119 Å². The molecule has 1 N–H and O–H groups in total. The fraction of sp³-hybridized carbons (Fsp3) is 1.00. The van der Waals surface area contributed by atoms with Gasteiger partial charge in [-0.25, -0.2) is 0 Å². The predicted octanol–water partition coefficient (Wildman–Crippen LogP) is 3.42. The molecule has 0 bridgehead atoms. The molecule has 110 valence electrons. The van der Waals surface area contributed by atoms with Gasteiger partial charge in [-0.05, 0) is 63.3 Å². The van der Waals surface area contributed by atoms with Crippen LogP contribution >= 0.6 is 0 Å². The maximum atomic E-state index is 3.75. The van der Waals surface area contributed by atoms with Gasteiger partial charge in [-0.15, -0.1) is 0 Å². The molecule has 19 heavy (non-hydrogen) atoms. The zero-order chi connectivity index (χ0) is 13.2. The van der Waals surface area contributed by atoms with E-state index in [-0.39, 0.29) is 0 Å². The zero-order valence-corrected chi connectivity index (χ0v) is 12.9. The third kappa shape index (κ3) is 3.52. The molecule has 2 saturated carbocycles. The minimum absolute atomic E-state index is 0.779. The highest BCUT2D eigenvalue weighted by molar-refractivity contribution is 4.94. The lowest BCUT2D eigenvalue weighted by molar-refractivity contribution is 0.0737. The van der Waals surface area contributed by atoms with Gasteiger partial charge >= 0.3 is 0 Å². The van der Waals surface area contributed by atoms with Gasteiger partial charge in [-0.3, -0.25) is 4.90 Å². The zero-order valence-electron chi connectivity index (χ0n) is 12.9. The van der Waals surface area contributed by atoms with Gasteiger partial charge in [-0.2, -0.15) is 0 Å². The van der Waals surface area contributed by atoms with Crippen LogP contribution < -0.4 is 5.32 Å². The van der Waals surface area contributed by atoms with E-state index in [1.807, 2.05) is 0 Å². The molecular formula is C17H32N2. The van der Waals surface area contributed by atoms with Gasteiger partial charge in [0, 0.05) is 24.7 Å². The molecule has 2 nitrogen and oxygen atoms in total. The summed E-state index contributed by atoms with van der Waals surface area (Å²) in [6.45, 7) is 7.52. The molecule has 0 aromatic rings. The van der Waals surface area contributed by atoms with Crippen molar-refractivity contribution in [2.45, 2.75) is 83.3 Å². The average molecular weight is 264 g/mol. The Morgan fingerprint density at radius 1 is 1.00 bits per heavy atom. The van der Waals surface area contributed by atoms with Crippen molar-refractivity contribution in [3.05, 3.63) is 0 Å². The molecule has 1 aliphatic heterocycles. The molecule has 4 atom stereocenters. The van der Waals surface area contributed by atoms with E-state index in [9.17, 15) is 0 Å². The molecule has 3 rings (SSSR count). The summed E-state index contributed by atoms with van der Waals surface area (Å²) >= 11 is 0. The van der Waals surface area contributed by atoms with E-state index in [4.69, 9.17) is 0 Å². The Hall–Kier alpha value is -0.0800. The lowest BCUT2D eigenvalue weighted by atomic mass is 9.79. The summed E-state index contributed by atoms with van der Waals surface area (Å²) in [5.41, 5.74) is 0. The Kier molecular flexibility index (Phi) is 4.48. The number of hydrogen-bond donors (Lipinski definition) is 1. The second kappa shape index (κ2) is 6.13. The molecule has 1 heterocycles. The topological polar surface area (TPSA) is 15.3 Å². The van der Waals surface area contributed by atoms with Crippen LogP contribution in [0, 0.1) is 11.8 Å². The molecule has 0 aromatic carbocycles. The molecule has 3 fully saturated rings. The van der Waals surface area contributed by atoms with Crippen molar-refractivity contribution >= 4 is 0 Å². The number of hydrogen-bond acceptors (Lipinski definition) is 2. The van der Waals surface area contributed by atoms with Gasteiger partial charge < -0.3 is 5.32 Å². The van der Waals surface area contributed by atoms with Crippen LogP contribution in [-0.2, 0) is 0 Å². The lowest BCUT2D eigenvalue weighted by Crippen LogP contribution is -2.51. The SMILES string of the molecule is CC1CCC(N(CC2CCCCN2)C2CC2)C(C)C1. The summed E-state index contributed by atoms with van der Waals surface area (Å²) in [5.74, 6) is 1.87. The molecule has 2 heteroatoms. The number of rotatable bonds is 4. The molecule has 0 spiro atoms. The first-order valence-corrected chi connectivity index (χ1v) is 8.73. The van der Waals surface area contributed by atoms with E-state index in [0.29, 0.717) is 0 Å². The van der Waals surface area contributed by atoms with Crippen LogP contribution in [0.5, 0.6) is 0 Å². The van der Waals surface area contributed by atoms with Gasteiger partial charge in [0.1, 0.15) is 0 Å². The molecule has 2 aliphatic carbocycles. The van der Waals surface area contributed by atoms with Gasteiger partial charge in [0.05, 0.1) is 0 Å². The summed E-state index contributed by atoms with van der Waals surface area (Å²) in [6.07, 6.45) is 11.5. The largest absolute Gasteiger partial charge is 0.313 e. The van der Waals surface area contributed by atoms with Crippen molar-refractivity contribution in [2.24, 2.45) is 11.8 Å². The lowest BCUT2D eigenvalue weighted by Gasteiger charge is -2.43. The summed E-state index contributed by atoms with van der Waals surface area (Å²) in [5, 5.41) is 3.75. The monoisotopic (exact) mass is 264 g/mol. The highest BCUT2D eigenvalue weighted by atomic mass is 15.2. The Balaban J connectivity index is 1.60. The van der Waals surface area contributed by atoms with Gasteiger partial charge in [-0.1, -0.05) is 20.3 Å². The smallest absolute Gasteiger partial charge is 0.0195 e. The Morgan fingerprint density at radius 2 is 1.84 bits per heavy atom. The highest BCUT2D eigenvalue weighted by Crippen LogP contribution is 2.38. The van der Waals surface area contributed by atoms with E-state index in [0.717, 1.165) is 30.0 Å². The first kappa shape index (κ1) is 13.9. The third-order valence-corrected chi connectivity index (χ3v) is 5.67. The number of nitrogens with one attached hydrogen (secondary N) is 1. The first-order valence-electron chi connectivity index (χ1n) is 8.73. The quantitative estimate of drug-likeness (QED) is 0.837. The van der Waals surface area contributed by atoms with Crippen molar-refractivity contribution in [1.29, 1.82) is 0 Å². The van der Waals surface area contributed by atoms with Crippen LogP contribution in [0.3, 0.4) is 0 Å². The molecular weight excluding hydrogens is 232 g/mol. The van der Waals surface area contributed by atoms with Crippen LogP contribution in [0.1, 0.15) is 65.2 Å². The first-order chi connectivity index (χ1) is 9.24. The van der Waals surface area contributed by atoms with E-state index in [1.54, 1.807) is 0 Å². The highest BCUT2D eigenvalue weighted by Gasteiger charge is 2.39. The fourth-order valence-electron chi connectivity index (χ4n) is 4.44. The summed E-state index contributed by atoms with van der Waals surface area (Å²) in [6, 6.07) is 2.60. The minimum Gasteiger partial charge on any atom is -0.313 e. The predicted molar refractivity (Wildman–Crippen MR) is 81.3 cm³/mol. The van der Waals surface area contributed by atoms with E-state index in [2.05, 4.69) is 24.1 Å². The molecule has 0 amide bonds. The molecule has 0 radical (unpaired) electrons.